The molecule has 96 valence electrons. The van der Waals surface area contributed by atoms with E-state index in [9.17, 15) is 9.59 Å². The number of halogens is 1. The molecular weight excluding hydrogens is 345 g/mol. The number of carbonyl (C=O) groups excluding carboxylic acids is 1. The molecule has 0 saturated heterocycles. The quantitative estimate of drug-likeness (QED) is 0.816. The zero-order valence-electron chi connectivity index (χ0n) is 9.73. The number of anilines is 1. The maximum Gasteiger partial charge on any atom is 0.307 e. The second-order valence-corrected chi connectivity index (χ2v) is 5.73. The number of nitrogens with one attached hydrogen (secondary N) is 1. The fraction of sp³-hybridized carbons (Fsp3) is 0.385. The number of carbonyl (C=O) groups is 2. The molecule has 0 radical (unpaired) electrons. The van der Waals surface area contributed by atoms with Gasteiger partial charge in [0.15, 0.2) is 0 Å². The number of hydrogen-bond donors (Lipinski definition) is 2. The molecule has 1 fully saturated rings. The normalized spacial score (nSPS) is 22.7. The molecule has 4 nitrogen and oxygen atoms in total. The van der Waals surface area contributed by atoms with E-state index in [-0.39, 0.29) is 5.91 Å². The van der Waals surface area contributed by atoms with Crippen molar-refractivity contribution in [2.75, 3.05) is 5.32 Å². The third kappa shape index (κ3) is 3.01. The van der Waals surface area contributed by atoms with Crippen LogP contribution >= 0.6 is 22.6 Å². The van der Waals surface area contributed by atoms with Crippen molar-refractivity contribution in [3.63, 3.8) is 0 Å². The van der Waals surface area contributed by atoms with Crippen LogP contribution in [0.5, 0.6) is 0 Å². The second-order valence-electron chi connectivity index (χ2n) is 4.48. The Morgan fingerprint density at radius 1 is 1.28 bits per heavy atom. The maximum absolute atomic E-state index is 12.1. The largest absolute Gasteiger partial charge is 0.481 e. The SMILES string of the molecule is O=C(O)[C@H]1CCC[C@H]1C(=O)Nc1cccc(I)c1. The molecule has 1 saturated carbocycles. The molecule has 0 bridgehead atoms. The lowest BCUT2D eigenvalue weighted by Crippen LogP contribution is -2.29. The number of carboxylic acids is 1. The third-order valence-corrected chi connectivity index (χ3v) is 3.93. The Kier molecular flexibility index (Phi) is 4.21. The highest BCUT2D eigenvalue weighted by Crippen LogP contribution is 2.32. The van der Waals surface area contributed by atoms with E-state index in [1.165, 1.54) is 0 Å². The Bertz CT molecular complexity index is 475. The average molecular weight is 359 g/mol. The van der Waals surface area contributed by atoms with Crippen molar-refractivity contribution in [1.29, 1.82) is 0 Å². The first-order valence-electron chi connectivity index (χ1n) is 5.87. The Hall–Kier alpha value is -1.11. The maximum atomic E-state index is 12.1. The zero-order chi connectivity index (χ0) is 13.1. The zero-order valence-corrected chi connectivity index (χ0v) is 11.9. The summed E-state index contributed by atoms with van der Waals surface area (Å²) in [7, 11) is 0. The number of rotatable bonds is 3. The van der Waals surface area contributed by atoms with Gasteiger partial charge in [0.25, 0.3) is 0 Å². The van der Waals surface area contributed by atoms with E-state index in [1.54, 1.807) is 0 Å². The lowest BCUT2D eigenvalue weighted by Gasteiger charge is -2.15. The number of benzene rings is 1. The lowest BCUT2D eigenvalue weighted by atomic mass is 9.95. The molecule has 1 amide bonds. The molecule has 0 heterocycles. The molecule has 1 aromatic carbocycles. The molecule has 1 aliphatic rings. The average Bonchev–Trinajstić information content (AvgIpc) is 2.77. The summed E-state index contributed by atoms with van der Waals surface area (Å²) in [6.07, 6.45) is 2.06. The number of amides is 1. The fourth-order valence-corrected chi connectivity index (χ4v) is 2.91. The van der Waals surface area contributed by atoms with Crippen LogP contribution in [0.25, 0.3) is 0 Å². The number of hydrogen-bond acceptors (Lipinski definition) is 2. The van der Waals surface area contributed by atoms with Crippen LogP contribution in [0.15, 0.2) is 24.3 Å². The fourth-order valence-electron chi connectivity index (χ4n) is 2.37. The minimum atomic E-state index is -0.865. The van der Waals surface area contributed by atoms with E-state index in [4.69, 9.17) is 5.11 Å². The van der Waals surface area contributed by atoms with Crippen molar-refractivity contribution in [2.45, 2.75) is 19.3 Å². The summed E-state index contributed by atoms with van der Waals surface area (Å²) in [6.45, 7) is 0. The van der Waals surface area contributed by atoms with Gasteiger partial charge in [-0.2, -0.15) is 0 Å². The highest BCUT2D eigenvalue weighted by atomic mass is 127. The van der Waals surface area contributed by atoms with Gasteiger partial charge in [-0.3, -0.25) is 9.59 Å². The van der Waals surface area contributed by atoms with Crippen molar-refractivity contribution >= 4 is 40.2 Å². The monoisotopic (exact) mass is 359 g/mol. The van der Waals surface area contributed by atoms with Crippen LogP contribution in [0.4, 0.5) is 5.69 Å². The molecule has 2 atom stereocenters. The summed E-state index contributed by atoms with van der Waals surface area (Å²) in [5, 5.41) is 11.9. The molecule has 18 heavy (non-hydrogen) atoms. The van der Waals surface area contributed by atoms with Crippen molar-refractivity contribution in [1.82, 2.24) is 0 Å². The molecule has 0 aromatic heterocycles. The van der Waals surface area contributed by atoms with Gasteiger partial charge in [0.1, 0.15) is 0 Å². The summed E-state index contributed by atoms with van der Waals surface area (Å²) >= 11 is 2.17. The van der Waals surface area contributed by atoms with Crippen molar-refractivity contribution in [2.24, 2.45) is 11.8 Å². The van der Waals surface area contributed by atoms with Gasteiger partial charge in [-0.05, 0) is 53.6 Å². The first-order valence-corrected chi connectivity index (χ1v) is 6.95. The van der Waals surface area contributed by atoms with E-state index in [2.05, 4.69) is 27.9 Å². The molecule has 2 rings (SSSR count). The highest BCUT2D eigenvalue weighted by molar-refractivity contribution is 14.1. The summed E-state index contributed by atoms with van der Waals surface area (Å²) in [5.41, 5.74) is 0.725. The van der Waals surface area contributed by atoms with E-state index in [0.29, 0.717) is 12.8 Å². The Balaban J connectivity index is 2.06. The topological polar surface area (TPSA) is 66.4 Å². The summed E-state index contributed by atoms with van der Waals surface area (Å²) in [6, 6.07) is 7.47. The van der Waals surface area contributed by atoms with Crippen LogP contribution in [-0.4, -0.2) is 17.0 Å². The molecule has 5 heteroatoms. The van der Waals surface area contributed by atoms with Gasteiger partial charge in [0.2, 0.25) is 5.91 Å². The lowest BCUT2D eigenvalue weighted by molar-refractivity contribution is -0.145. The van der Waals surface area contributed by atoms with Gasteiger partial charge in [-0.15, -0.1) is 0 Å². The molecule has 2 N–H and O–H groups in total. The predicted octanol–water partition coefficient (Wildman–Crippen LogP) is 2.73. The number of aliphatic carboxylic acids is 1. The van der Waals surface area contributed by atoms with Gasteiger partial charge < -0.3 is 10.4 Å². The molecule has 1 aliphatic carbocycles. The van der Waals surface area contributed by atoms with E-state index >= 15 is 0 Å². The minimum Gasteiger partial charge on any atom is -0.481 e. The van der Waals surface area contributed by atoms with Gasteiger partial charge in [-0.1, -0.05) is 12.5 Å². The number of carboxylic acid groups (broad SMARTS) is 1. The first kappa shape index (κ1) is 13.3. The van der Waals surface area contributed by atoms with Crippen LogP contribution in [0.3, 0.4) is 0 Å². The Morgan fingerprint density at radius 3 is 2.67 bits per heavy atom. The van der Waals surface area contributed by atoms with E-state index < -0.39 is 17.8 Å². The summed E-state index contributed by atoms with van der Waals surface area (Å²) < 4.78 is 1.03. The smallest absolute Gasteiger partial charge is 0.307 e. The van der Waals surface area contributed by atoms with Crippen LogP contribution in [0.1, 0.15) is 19.3 Å². The molecule has 0 unspecified atom stereocenters. The highest BCUT2D eigenvalue weighted by Gasteiger charge is 2.37. The standard InChI is InChI=1S/C13H14INO3/c14-8-3-1-4-9(7-8)15-12(16)10-5-2-6-11(10)13(17)18/h1,3-4,7,10-11H,2,5-6H2,(H,15,16)(H,17,18)/t10-,11+/m1/s1. The van der Waals surface area contributed by atoms with Crippen LogP contribution in [0.2, 0.25) is 0 Å². The van der Waals surface area contributed by atoms with Crippen molar-refractivity contribution in [3.05, 3.63) is 27.8 Å². The minimum absolute atomic E-state index is 0.179. The molecule has 1 aromatic rings. The Morgan fingerprint density at radius 2 is 2.00 bits per heavy atom. The van der Waals surface area contributed by atoms with Crippen LogP contribution in [-0.2, 0) is 9.59 Å². The second kappa shape index (κ2) is 5.69. The van der Waals surface area contributed by atoms with Crippen molar-refractivity contribution < 1.29 is 14.7 Å². The molecule has 0 spiro atoms. The van der Waals surface area contributed by atoms with Crippen molar-refractivity contribution in [3.8, 4) is 0 Å². The van der Waals surface area contributed by atoms with Gasteiger partial charge in [-0.25, -0.2) is 0 Å². The summed E-state index contributed by atoms with van der Waals surface area (Å²) in [5.74, 6) is -1.98. The van der Waals surface area contributed by atoms with E-state index in [1.807, 2.05) is 24.3 Å². The molecular formula is C13H14INO3. The van der Waals surface area contributed by atoms with Crippen LogP contribution in [0, 0.1) is 15.4 Å². The Labute approximate surface area is 119 Å². The first-order chi connectivity index (χ1) is 8.58. The molecule has 0 aliphatic heterocycles. The predicted molar refractivity (Wildman–Crippen MR) is 76.3 cm³/mol. The van der Waals surface area contributed by atoms with E-state index in [0.717, 1.165) is 15.7 Å². The van der Waals surface area contributed by atoms with Gasteiger partial charge in [0, 0.05) is 9.26 Å². The summed E-state index contributed by atoms with van der Waals surface area (Å²) in [4.78, 5) is 23.1. The van der Waals surface area contributed by atoms with Gasteiger partial charge >= 0.3 is 5.97 Å². The van der Waals surface area contributed by atoms with Gasteiger partial charge in [0.05, 0.1) is 11.8 Å². The third-order valence-electron chi connectivity index (χ3n) is 3.26. The van der Waals surface area contributed by atoms with Crippen LogP contribution < -0.4 is 5.32 Å².